The SMILES string of the molecule is CCC1c2nn(C)c(-c3cc(F)cc(F)c3)c2C[C@H](CC)N1C(=O)c1ccc2ccncc2c1. The number of hydrogen-bond donors (Lipinski definition) is 0. The molecular formula is C27H26F2N4O. The molecule has 4 aromatic rings. The van der Waals surface area contributed by atoms with Crippen molar-refractivity contribution >= 4 is 16.7 Å². The van der Waals surface area contributed by atoms with Crippen LogP contribution in [-0.4, -0.2) is 31.6 Å². The fourth-order valence-corrected chi connectivity index (χ4v) is 5.23. The standard InChI is InChI=1S/C27H26F2N4O/c1-4-22-14-23-25(31-32(3)26(23)18-11-20(28)13-21(29)12-18)24(5-2)33(22)27(34)17-7-6-16-8-9-30-15-19(16)10-17/h6-13,15,22,24H,4-5,14H2,1-3H3/t22-,24?/m0/s1. The molecule has 2 atom stereocenters. The van der Waals surface area contributed by atoms with E-state index in [1.54, 1.807) is 24.1 Å². The summed E-state index contributed by atoms with van der Waals surface area (Å²) in [5.41, 5.74) is 3.53. The van der Waals surface area contributed by atoms with Gasteiger partial charge in [-0.05, 0) is 55.0 Å². The van der Waals surface area contributed by atoms with E-state index in [1.165, 1.54) is 12.1 Å². The molecule has 0 N–H and O–H groups in total. The summed E-state index contributed by atoms with van der Waals surface area (Å²) in [6, 6.07) is 10.9. The Morgan fingerprint density at radius 3 is 2.50 bits per heavy atom. The summed E-state index contributed by atoms with van der Waals surface area (Å²) in [7, 11) is 1.78. The van der Waals surface area contributed by atoms with Gasteiger partial charge in [0, 0.05) is 53.6 Å². The van der Waals surface area contributed by atoms with Crippen molar-refractivity contribution in [1.82, 2.24) is 19.7 Å². The van der Waals surface area contributed by atoms with Crippen LogP contribution in [0.5, 0.6) is 0 Å². The van der Waals surface area contributed by atoms with Crippen LogP contribution < -0.4 is 0 Å². The van der Waals surface area contributed by atoms with E-state index in [4.69, 9.17) is 5.10 Å². The smallest absolute Gasteiger partial charge is 0.254 e. The Bertz CT molecular complexity index is 1380. The Morgan fingerprint density at radius 1 is 1.03 bits per heavy atom. The lowest BCUT2D eigenvalue weighted by Crippen LogP contribution is -2.47. The second kappa shape index (κ2) is 8.63. The van der Waals surface area contributed by atoms with Crippen molar-refractivity contribution in [1.29, 1.82) is 0 Å². The van der Waals surface area contributed by atoms with Gasteiger partial charge in [0.2, 0.25) is 0 Å². The minimum absolute atomic E-state index is 0.0425. The highest BCUT2D eigenvalue weighted by molar-refractivity contribution is 5.99. The number of pyridine rings is 1. The first kappa shape index (κ1) is 22.2. The van der Waals surface area contributed by atoms with Crippen LogP contribution in [0.4, 0.5) is 8.78 Å². The molecule has 0 saturated heterocycles. The number of fused-ring (bicyclic) bond motifs is 2. The largest absolute Gasteiger partial charge is 0.327 e. The van der Waals surface area contributed by atoms with Gasteiger partial charge in [-0.3, -0.25) is 14.5 Å². The van der Waals surface area contributed by atoms with Gasteiger partial charge in [0.1, 0.15) is 11.6 Å². The first-order valence-electron chi connectivity index (χ1n) is 11.6. The number of nitrogens with zero attached hydrogens (tertiary/aromatic N) is 4. The van der Waals surface area contributed by atoms with E-state index in [2.05, 4.69) is 11.9 Å². The molecule has 1 unspecified atom stereocenters. The van der Waals surface area contributed by atoms with Crippen LogP contribution in [0.2, 0.25) is 0 Å². The molecule has 0 saturated carbocycles. The van der Waals surface area contributed by atoms with Crippen molar-refractivity contribution in [3.63, 3.8) is 0 Å². The second-order valence-corrected chi connectivity index (χ2v) is 8.83. The van der Waals surface area contributed by atoms with Crippen molar-refractivity contribution < 1.29 is 13.6 Å². The normalized spacial score (nSPS) is 17.7. The maximum absolute atomic E-state index is 14.0. The van der Waals surface area contributed by atoms with Crippen LogP contribution in [-0.2, 0) is 13.5 Å². The number of benzene rings is 2. The van der Waals surface area contributed by atoms with E-state index in [-0.39, 0.29) is 18.0 Å². The zero-order valence-electron chi connectivity index (χ0n) is 19.4. The van der Waals surface area contributed by atoms with E-state index >= 15 is 0 Å². The van der Waals surface area contributed by atoms with E-state index in [1.807, 2.05) is 36.1 Å². The van der Waals surface area contributed by atoms with Gasteiger partial charge in [0.15, 0.2) is 0 Å². The number of halogens is 2. The summed E-state index contributed by atoms with van der Waals surface area (Å²) in [4.78, 5) is 19.9. The van der Waals surface area contributed by atoms with Gasteiger partial charge in [-0.25, -0.2) is 8.78 Å². The second-order valence-electron chi connectivity index (χ2n) is 8.83. The molecular weight excluding hydrogens is 434 g/mol. The predicted molar refractivity (Wildman–Crippen MR) is 127 cm³/mol. The molecule has 174 valence electrons. The third-order valence-corrected chi connectivity index (χ3v) is 6.78. The topological polar surface area (TPSA) is 51.0 Å². The number of carbonyl (C=O) groups is 1. The number of carbonyl (C=O) groups excluding carboxylic acids is 1. The molecule has 1 amide bonds. The minimum atomic E-state index is -0.623. The molecule has 0 bridgehead atoms. The van der Waals surface area contributed by atoms with Gasteiger partial charge in [-0.1, -0.05) is 19.9 Å². The van der Waals surface area contributed by atoms with Crippen molar-refractivity contribution in [3.05, 3.63) is 83.3 Å². The summed E-state index contributed by atoms with van der Waals surface area (Å²) in [6.07, 6.45) is 5.50. The minimum Gasteiger partial charge on any atom is -0.327 e. The zero-order chi connectivity index (χ0) is 24.0. The van der Waals surface area contributed by atoms with Gasteiger partial charge < -0.3 is 4.90 Å². The number of amides is 1. The maximum atomic E-state index is 14.0. The van der Waals surface area contributed by atoms with E-state index in [0.717, 1.165) is 34.5 Å². The molecule has 0 radical (unpaired) electrons. The van der Waals surface area contributed by atoms with Crippen molar-refractivity contribution in [2.45, 2.75) is 45.2 Å². The molecule has 5 rings (SSSR count). The average molecular weight is 461 g/mol. The fourth-order valence-electron chi connectivity index (χ4n) is 5.23. The number of aryl methyl sites for hydroxylation is 1. The lowest BCUT2D eigenvalue weighted by molar-refractivity contribution is 0.0513. The van der Waals surface area contributed by atoms with Gasteiger partial charge in [-0.2, -0.15) is 5.10 Å². The fraction of sp³-hybridized carbons (Fsp3) is 0.296. The van der Waals surface area contributed by atoms with E-state index in [0.29, 0.717) is 29.7 Å². The van der Waals surface area contributed by atoms with Crippen molar-refractivity contribution in [2.24, 2.45) is 7.05 Å². The van der Waals surface area contributed by atoms with E-state index < -0.39 is 11.6 Å². The van der Waals surface area contributed by atoms with Gasteiger partial charge in [0.25, 0.3) is 5.91 Å². The van der Waals surface area contributed by atoms with Crippen LogP contribution in [0.1, 0.15) is 54.3 Å². The Labute approximate surface area is 197 Å². The Hall–Kier alpha value is -3.61. The number of hydrogen-bond acceptors (Lipinski definition) is 3. The molecule has 0 spiro atoms. The summed E-state index contributed by atoms with van der Waals surface area (Å²) in [6.45, 7) is 4.10. The van der Waals surface area contributed by atoms with Gasteiger partial charge in [-0.15, -0.1) is 0 Å². The highest BCUT2D eigenvalue weighted by Gasteiger charge is 2.40. The molecule has 1 aliphatic heterocycles. The van der Waals surface area contributed by atoms with Gasteiger partial charge in [0.05, 0.1) is 17.4 Å². The molecule has 5 nitrogen and oxygen atoms in total. The molecule has 7 heteroatoms. The van der Waals surface area contributed by atoms with Gasteiger partial charge >= 0.3 is 0 Å². The number of aromatic nitrogens is 3. The van der Waals surface area contributed by atoms with Crippen molar-refractivity contribution in [2.75, 3.05) is 0 Å². The number of rotatable bonds is 4. The van der Waals surface area contributed by atoms with Crippen LogP contribution in [0.3, 0.4) is 0 Å². The lowest BCUT2D eigenvalue weighted by Gasteiger charge is -2.41. The first-order chi connectivity index (χ1) is 16.4. The summed E-state index contributed by atoms with van der Waals surface area (Å²) >= 11 is 0. The molecule has 34 heavy (non-hydrogen) atoms. The Balaban J connectivity index is 1.60. The van der Waals surface area contributed by atoms with Crippen LogP contribution in [0, 0.1) is 11.6 Å². The Morgan fingerprint density at radius 2 is 1.79 bits per heavy atom. The summed E-state index contributed by atoms with van der Waals surface area (Å²) < 4.78 is 29.7. The Kier molecular flexibility index (Phi) is 5.63. The molecule has 3 heterocycles. The monoisotopic (exact) mass is 460 g/mol. The lowest BCUT2D eigenvalue weighted by atomic mass is 9.87. The molecule has 0 fully saturated rings. The molecule has 0 aliphatic carbocycles. The quantitative estimate of drug-likeness (QED) is 0.384. The molecule has 1 aliphatic rings. The van der Waals surface area contributed by atoms with Crippen LogP contribution in [0.15, 0.2) is 54.9 Å². The highest BCUT2D eigenvalue weighted by Crippen LogP contribution is 2.41. The first-order valence-corrected chi connectivity index (χ1v) is 11.6. The van der Waals surface area contributed by atoms with Crippen LogP contribution >= 0.6 is 0 Å². The zero-order valence-corrected chi connectivity index (χ0v) is 19.4. The summed E-state index contributed by atoms with van der Waals surface area (Å²) in [5, 5.41) is 6.70. The summed E-state index contributed by atoms with van der Waals surface area (Å²) in [5.74, 6) is -1.29. The maximum Gasteiger partial charge on any atom is 0.254 e. The average Bonchev–Trinajstić information content (AvgIpc) is 3.16. The third kappa shape index (κ3) is 3.65. The predicted octanol–water partition coefficient (Wildman–Crippen LogP) is 5.84. The van der Waals surface area contributed by atoms with Crippen molar-refractivity contribution in [3.8, 4) is 11.3 Å². The van der Waals surface area contributed by atoms with E-state index in [9.17, 15) is 13.6 Å². The molecule has 2 aromatic heterocycles. The third-order valence-electron chi connectivity index (χ3n) is 6.78. The van der Waals surface area contributed by atoms with Crippen LogP contribution in [0.25, 0.3) is 22.0 Å². The molecule has 2 aromatic carbocycles. The highest BCUT2D eigenvalue weighted by atomic mass is 19.1.